The van der Waals surface area contributed by atoms with Crippen molar-refractivity contribution in [3.05, 3.63) is 35.4 Å². The van der Waals surface area contributed by atoms with Crippen molar-refractivity contribution < 1.29 is 0 Å². The predicted octanol–water partition coefficient (Wildman–Crippen LogP) is 6.68. The van der Waals surface area contributed by atoms with E-state index >= 15 is 0 Å². The topological polar surface area (TPSA) is 12.0 Å². The highest BCUT2D eigenvalue weighted by Crippen LogP contribution is 2.36. The van der Waals surface area contributed by atoms with E-state index in [1.54, 1.807) is 0 Å². The van der Waals surface area contributed by atoms with Crippen LogP contribution in [0.3, 0.4) is 0 Å². The van der Waals surface area contributed by atoms with Crippen LogP contribution in [0.25, 0.3) is 6.08 Å². The van der Waals surface area contributed by atoms with E-state index in [-0.39, 0.29) is 4.75 Å². The Morgan fingerprint density at radius 3 is 2.54 bits per heavy atom. The van der Waals surface area contributed by atoms with Crippen LogP contribution in [-0.2, 0) is 6.54 Å². The summed E-state index contributed by atoms with van der Waals surface area (Å²) in [6.45, 7) is 7.68. The molecule has 0 radical (unpaired) electrons. The lowest BCUT2D eigenvalue weighted by molar-refractivity contribution is 0.787. The van der Waals surface area contributed by atoms with Crippen LogP contribution in [0.15, 0.2) is 29.2 Å². The molecule has 0 heterocycles. The van der Waals surface area contributed by atoms with Crippen LogP contribution in [0.4, 0.5) is 0 Å². The molecule has 2 aliphatic rings. The molecule has 2 aliphatic carbocycles. The average Bonchev–Trinajstić information content (AvgIpc) is 3.21. The summed E-state index contributed by atoms with van der Waals surface area (Å²) >= 11 is 3.92. The summed E-state index contributed by atoms with van der Waals surface area (Å²) in [6, 6.07) is 7.08. The van der Waals surface area contributed by atoms with Gasteiger partial charge in [-0.25, -0.2) is 0 Å². The zero-order valence-corrected chi connectivity index (χ0v) is 16.9. The lowest BCUT2D eigenvalue weighted by Crippen LogP contribution is -2.17. The minimum Gasteiger partial charge on any atom is -0.259 e. The molecule has 3 heteroatoms. The van der Waals surface area contributed by atoms with Gasteiger partial charge in [0.25, 0.3) is 0 Å². The second-order valence-corrected chi connectivity index (χ2v) is 11.2. The summed E-state index contributed by atoms with van der Waals surface area (Å²) < 4.78 is 3.81. The first-order valence-electron chi connectivity index (χ1n) is 9.38. The quantitative estimate of drug-likeness (QED) is 0.544. The van der Waals surface area contributed by atoms with Crippen molar-refractivity contribution in [2.24, 2.45) is 5.92 Å². The fourth-order valence-corrected chi connectivity index (χ4v) is 4.98. The molecule has 0 aromatic heterocycles. The zero-order chi connectivity index (χ0) is 17.0. The van der Waals surface area contributed by atoms with Crippen LogP contribution >= 0.6 is 23.7 Å². The molecule has 0 amide bonds. The highest BCUT2D eigenvalue weighted by molar-refractivity contribution is 8.00. The first-order valence-corrected chi connectivity index (χ1v) is 11.1. The standard InChI is InChI=1S/C21H31NS2/c1-21(2,3)24-22-15-18-12-13-20(23-19-6-4-5-7-19)14-17(18)11-10-16-8-9-16/h10-14,16,19,22H,4-9,15H2,1-3H3/b11-10+. The van der Waals surface area contributed by atoms with Crippen LogP contribution < -0.4 is 4.72 Å². The summed E-state index contributed by atoms with van der Waals surface area (Å²) in [5.74, 6) is 0.834. The number of rotatable bonds is 7. The van der Waals surface area contributed by atoms with Gasteiger partial charge in [0.05, 0.1) is 0 Å². The summed E-state index contributed by atoms with van der Waals surface area (Å²) in [5.41, 5.74) is 2.83. The largest absolute Gasteiger partial charge is 0.259 e. The molecule has 1 N–H and O–H groups in total. The molecular weight excluding hydrogens is 330 g/mol. The van der Waals surface area contributed by atoms with Crippen molar-refractivity contribution in [2.75, 3.05) is 0 Å². The molecular formula is C21H31NS2. The minimum absolute atomic E-state index is 0.252. The van der Waals surface area contributed by atoms with Crippen molar-refractivity contribution in [1.29, 1.82) is 0 Å². The Morgan fingerprint density at radius 1 is 1.12 bits per heavy atom. The molecule has 2 saturated carbocycles. The zero-order valence-electron chi connectivity index (χ0n) is 15.3. The van der Waals surface area contributed by atoms with E-state index in [0.717, 1.165) is 17.7 Å². The average molecular weight is 362 g/mol. The van der Waals surface area contributed by atoms with Crippen molar-refractivity contribution in [3.8, 4) is 0 Å². The van der Waals surface area contributed by atoms with Gasteiger partial charge in [0.2, 0.25) is 0 Å². The minimum atomic E-state index is 0.252. The Kier molecular flexibility index (Phi) is 6.39. The van der Waals surface area contributed by atoms with Gasteiger partial charge >= 0.3 is 0 Å². The third-order valence-corrected chi connectivity index (χ3v) is 6.77. The number of benzene rings is 1. The van der Waals surface area contributed by atoms with Crippen LogP contribution in [0.5, 0.6) is 0 Å². The van der Waals surface area contributed by atoms with Crippen molar-refractivity contribution >= 4 is 29.8 Å². The van der Waals surface area contributed by atoms with E-state index in [1.807, 2.05) is 11.9 Å². The molecule has 1 aromatic carbocycles. The normalized spacial score (nSPS) is 19.5. The molecule has 3 rings (SSSR count). The van der Waals surface area contributed by atoms with E-state index in [2.05, 4.69) is 67.6 Å². The fraction of sp³-hybridized carbons (Fsp3) is 0.619. The first kappa shape index (κ1) is 18.4. The fourth-order valence-electron chi connectivity index (χ4n) is 3.02. The molecule has 0 bridgehead atoms. The third kappa shape index (κ3) is 6.16. The maximum atomic E-state index is 3.55. The van der Waals surface area contributed by atoms with E-state index in [1.165, 1.54) is 54.5 Å². The molecule has 0 spiro atoms. The second kappa shape index (κ2) is 8.33. The van der Waals surface area contributed by atoms with Gasteiger partial charge in [0.15, 0.2) is 0 Å². The van der Waals surface area contributed by atoms with Crippen LogP contribution in [0.2, 0.25) is 0 Å². The van der Waals surface area contributed by atoms with Crippen molar-refractivity contribution in [2.45, 2.75) is 80.7 Å². The number of hydrogen-bond acceptors (Lipinski definition) is 3. The van der Waals surface area contributed by atoms with Crippen LogP contribution in [-0.4, -0.2) is 10.00 Å². The summed E-state index contributed by atoms with van der Waals surface area (Å²) in [7, 11) is 0. The molecule has 0 atom stereocenters. The summed E-state index contributed by atoms with van der Waals surface area (Å²) in [5, 5.41) is 0.839. The van der Waals surface area contributed by atoms with Gasteiger partial charge < -0.3 is 0 Å². The Labute approximate surface area is 156 Å². The Bertz CT molecular complexity index is 564. The van der Waals surface area contributed by atoms with Gasteiger partial charge in [-0.2, -0.15) is 0 Å². The van der Waals surface area contributed by atoms with E-state index in [0.29, 0.717) is 0 Å². The predicted molar refractivity (Wildman–Crippen MR) is 110 cm³/mol. The molecule has 24 heavy (non-hydrogen) atoms. The molecule has 2 fully saturated rings. The molecule has 1 nitrogen and oxygen atoms in total. The number of allylic oxidation sites excluding steroid dienone is 1. The third-order valence-electron chi connectivity index (χ3n) is 4.53. The van der Waals surface area contributed by atoms with Crippen molar-refractivity contribution in [1.82, 2.24) is 4.72 Å². The SMILES string of the molecule is CC(C)(C)SNCc1ccc(SC2CCCC2)cc1/C=C/C1CC1. The van der Waals surface area contributed by atoms with Crippen LogP contribution in [0, 0.1) is 5.92 Å². The van der Waals surface area contributed by atoms with Gasteiger partial charge in [-0.1, -0.05) is 43.0 Å². The van der Waals surface area contributed by atoms with E-state index in [4.69, 9.17) is 0 Å². The maximum Gasteiger partial charge on any atom is 0.0316 e. The smallest absolute Gasteiger partial charge is 0.0316 e. The van der Waals surface area contributed by atoms with Gasteiger partial charge in [-0.15, -0.1) is 11.8 Å². The molecule has 1 aromatic rings. The van der Waals surface area contributed by atoms with Gasteiger partial charge in [-0.3, -0.25) is 4.72 Å². The van der Waals surface area contributed by atoms with E-state index < -0.39 is 0 Å². The van der Waals surface area contributed by atoms with Crippen LogP contribution in [0.1, 0.15) is 70.4 Å². The summed E-state index contributed by atoms with van der Waals surface area (Å²) in [6.07, 6.45) is 13.2. The lowest BCUT2D eigenvalue weighted by Gasteiger charge is -2.18. The Hall–Kier alpha value is -0.380. The highest BCUT2D eigenvalue weighted by Gasteiger charge is 2.19. The van der Waals surface area contributed by atoms with Gasteiger partial charge in [-0.05, 0) is 75.6 Å². The number of nitrogens with one attached hydrogen (secondary N) is 1. The lowest BCUT2D eigenvalue weighted by atomic mass is 10.1. The summed E-state index contributed by atoms with van der Waals surface area (Å²) in [4.78, 5) is 1.45. The molecule has 0 unspecified atom stereocenters. The first-order chi connectivity index (χ1) is 11.5. The van der Waals surface area contributed by atoms with E-state index in [9.17, 15) is 0 Å². The van der Waals surface area contributed by atoms with Crippen molar-refractivity contribution in [3.63, 3.8) is 0 Å². The molecule has 0 aliphatic heterocycles. The number of hydrogen-bond donors (Lipinski definition) is 1. The molecule has 0 saturated heterocycles. The Balaban J connectivity index is 1.68. The maximum absolute atomic E-state index is 3.55. The number of thioether (sulfide) groups is 1. The Morgan fingerprint density at radius 2 is 1.88 bits per heavy atom. The second-order valence-electron chi connectivity index (χ2n) is 8.12. The van der Waals surface area contributed by atoms with Gasteiger partial charge in [0.1, 0.15) is 0 Å². The highest BCUT2D eigenvalue weighted by atomic mass is 32.2. The monoisotopic (exact) mass is 361 g/mol. The molecule has 132 valence electrons. The van der Waals surface area contributed by atoms with Gasteiger partial charge in [0, 0.05) is 21.4 Å².